The third kappa shape index (κ3) is 8.69. The normalized spacial score (nSPS) is 14.1. The molecule has 0 bridgehead atoms. The molecule has 0 fully saturated rings. The highest BCUT2D eigenvalue weighted by atomic mass is 19.1. The number of nitrogens with zero attached hydrogens (tertiary/aromatic N) is 1. The molecular weight excluding hydrogens is 623 g/mol. The van der Waals surface area contributed by atoms with E-state index >= 15 is 0 Å². The van der Waals surface area contributed by atoms with Gasteiger partial charge >= 0.3 is 12.0 Å². The van der Waals surface area contributed by atoms with E-state index in [1.807, 2.05) is 0 Å². The highest BCUT2D eigenvalue weighted by molar-refractivity contribution is 5.95. The van der Waals surface area contributed by atoms with Crippen LogP contribution in [0, 0.1) is 5.82 Å². The van der Waals surface area contributed by atoms with Crippen molar-refractivity contribution in [3.8, 4) is 23.0 Å². The molecule has 0 saturated heterocycles. The Hall–Kier alpha value is -5.85. The monoisotopic (exact) mass is 660 g/mol. The summed E-state index contributed by atoms with van der Waals surface area (Å²) < 4.78 is 41.9. The van der Waals surface area contributed by atoms with Gasteiger partial charge in [0.05, 0.1) is 38.7 Å². The fourth-order valence-corrected chi connectivity index (χ4v) is 4.91. The molecule has 0 radical (unpaired) electrons. The van der Waals surface area contributed by atoms with E-state index < -0.39 is 30.6 Å². The van der Waals surface area contributed by atoms with E-state index in [0.29, 0.717) is 40.3 Å². The van der Waals surface area contributed by atoms with Crippen LogP contribution in [0.4, 0.5) is 9.18 Å². The molecule has 3 aromatic rings. The van der Waals surface area contributed by atoms with Crippen LogP contribution in [0.25, 0.3) is 0 Å². The molecule has 1 aliphatic rings. The maximum Gasteiger partial charge on any atom is 0.338 e. The van der Waals surface area contributed by atoms with Gasteiger partial charge in [-0.15, -0.1) is 6.58 Å². The largest absolute Gasteiger partial charge is 0.493 e. The summed E-state index contributed by atoms with van der Waals surface area (Å²) in [5, 5.41) is 9.35. The van der Waals surface area contributed by atoms with Crippen molar-refractivity contribution >= 4 is 24.1 Å². The van der Waals surface area contributed by atoms with Crippen molar-refractivity contribution in [2.75, 3.05) is 27.4 Å². The van der Waals surface area contributed by atoms with Crippen molar-refractivity contribution in [3.05, 3.63) is 107 Å². The lowest BCUT2D eigenvalue weighted by Gasteiger charge is -2.28. The van der Waals surface area contributed by atoms with Crippen LogP contribution in [0.5, 0.6) is 23.0 Å². The number of carbonyl (C=O) groups excluding carboxylic acids is 3. The zero-order chi connectivity index (χ0) is 34.6. The summed E-state index contributed by atoms with van der Waals surface area (Å²) in [5.41, 5.74) is 5.33. The van der Waals surface area contributed by atoms with Gasteiger partial charge in [-0.3, -0.25) is 4.79 Å². The number of esters is 1. The van der Waals surface area contributed by atoms with Crippen LogP contribution in [0.2, 0.25) is 0 Å². The first-order valence-electron chi connectivity index (χ1n) is 14.9. The second kappa shape index (κ2) is 16.6. The summed E-state index contributed by atoms with van der Waals surface area (Å²) >= 11 is 0. The zero-order valence-corrected chi connectivity index (χ0v) is 27.1. The van der Waals surface area contributed by atoms with Gasteiger partial charge in [0.15, 0.2) is 29.6 Å². The van der Waals surface area contributed by atoms with Crippen LogP contribution < -0.4 is 35.0 Å². The molecule has 1 heterocycles. The first-order valence-corrected chi connectivity index (χ1v) is 14.9. The molecule has 0 spiro atoms. The van der Waals surface area contributed by atoms with E-state index in [1.54, 1.807) is 68.5 Å². The first kappa shape index (κ1) is 35.0. The number of hydrazone groups is 1. The van der Waals surface area contributed by atoms with Gasteiger partial charge in [0, 0.05) is 16.8 Å². The van der Waals surface area contributed by atoms with Crippen molar-refractivity contribution in [2.24, 2.45) is 5.10 Å². The molecule has 0 aromatic heterocycles. The summed E-state index contributed by atoms with van der Waals surface area (Å²) in [6.45, 7) is 6.89. The molecule has 0 saturated carbocycles. The molecule has 1 atom stereocenters. The molecule has 3 aromatic carbocycles. The standard InChI is InChI=1S/C35H37FN4O8/c1-6-10-24-15-22(16-29(45-5)33(24)48-19-25-11-8-9-12-26(25)36)18-37-40-30(41)20-47-27-14-13-23(17-28(27)44-4)32-31(34(42)46-7-2)21(3)38-35(43)39-32/h6,8-9,11-18,32H,1,7,10,19-20H2,2-5H3,(H,40,41)(H2,38,39,43)/b37-18-/t32-/m1/s1. The predicted octanol–water partition coefficient (Wildman–Crippen LogP) is 4.87. The highest BCUT2D eigenvalue weighted by Crippen LogP contribution is 2.35. The molecule has 48 heavy (non-hydrogen) atoms. The number of rotatable bonds is 15. The van der Waals surface area contributed by atoms with Gasteiger partial charge in [0.1, 0.15) is 12.4 Å². The second-order valence-electron chi connectivity index (χ2n) is 10.4. The van der Waals surface area contributed by atoms with Gasteiger partial charge in [-0.2, -0.15) is 5.10 Å². The Morgan fingerprint density at radius 1 is 1.02 bits per heavy atom. The Morgan fingerprint density at radius 2 is 1.79 bits per heavy atom. The number of halogens is 1. The van der Waals surface area contributed by atoms with Crippen molar-refractivity contribution in [1.29, 1.82) is 0 Å². The van der Waals surface area contributed by atoms with Crippen LogP contribution in [-0.4, -0.2) is 51.6 Å². The second-order valence-corrected chi connectivity index (χ2v) is 10.4. The smallest absolute Gasteiger partial charge is 0.338 e. The van der Waals surface area contributed by atoms with E-state index in [0.717, 1.165) is 5.56 Å². The van der Waals surface area contributed by atoms with Crippen molar-refractivity contribution in [2.45, 2.75) is 32.9 Å². The van der Waals surface area contributed by atoms with Crippen molar-refractivity contribution in [3.63, 3.8) is 0 Å². The number of ether oxygens (including phenoxy) is 5. The van der Waals surface area contributed by atoms with Gasteiger partial charge in [0.25, 0.3) is 5.91 Å². The van der Waals surface area contributed by atoms with E-state index in [4.69, 9.17) is 23.7 Å². The third-order valence-electron chi connectivity index (χ3n) is 7.12. The van der Waals surface area contributed by atoms with E-state index in [9.17, 15) is 18.8 Å². The van der Waals surface area contributed by atoms with Crippen LogP contribution >= 0.6 is 0 Å². The van der Waals surface area contributed by atoms with Gasteiger partial charge < -0.3 is 34.3 Å². The van der Waals surface area contributed by atoms with Crippen molar-refractivity contribution < 1.29 is 42.5 Å². The van der Waals surface area contributed by atoms with Crippen LogP contribution in [0.15, 0.2) is 83.6 Å². The number of benzene rings is 3. The lowest BCUT2D eigenvalue weighted by atomic mass is 9.95. The predicted molar refractivity (Wildman–Crippen MR) is 176 cm³/mol. The number of methoxy groups -OCH3 is 2. The number of carbonyl (C=O) groups is 3. The Labute approximate surface area is 277 Å². The minimum atomic E-state index is -0.795. The Bertz CT molecular complexity index is 1740. The molecule has 3 N–H and O–H groups in total. The van der Waals surface area contributed by atoms with Gasteiger partial charge in [-0.05, 0) is 61.7 Å². The number of allylic oxidation sites excluding steroid dienone is 2. The Balaban J connectivity index is 1.41. The number of amides is 3. The molecule has 1 aliphatic heterocycles. The van der Waals surface area contributed by atoms with Gasteiger partial charge in [0.2, 0.25) is 0 Å². The summed E-state index contributed by atoms with van der Waals surface area (Å²) in [4.78, 5) is 37.4. The summed E-state index contributed by atoms with van der Waals surface area (Å²) in [6.07, 6.45) is 3.58. The summed E-state index contributed by atoms with van der Waals surface area (Å²) in [7, 11) is 2.92. The molecule has 0 unspecified atom stereocenters. The maximum atomic E-state index is 14.1. The van der Waals surface area contributed by atoms with E-state index in [-0.39, 0.29) is 36.1 Å². The number of nitrogens with one attached hydrogen (secondary N) is 3. The van der Waals surface area contributed by atoms with E-state index in [1.165, 1.54) is 26.5 Å². The lowest BCUT2D eigenvalue weighted by Crippen LogP contribution is -2.45. The molecular formula is C35H37FN4O8. The molecule has 3 amide bonds. The molecule has 13 heteroatoms. The van der Waals surface area contributed by atoms with Crippen LogP contribution in [0.3, 0.4) is 0 Å². The quantitative estimate of drug-likeness (QED) is 0.0906. The maximum absolute atomic E-state index is 14.1. The summed E-state index contributed by atoms with van der Waals surface area (Å²) in [5.74, 6) is -0.106. The van der Waals surface area contributed by atoms with Gasteiger partial charge in [-0.25, -0.2) is 19.4 Å². The average Bonchev–Trinajstić information content (AvgIpc) is 3.07. The minimum Gasteiger partial charge on any atom is -0.493 e. The van der Waals surface area contributed by atoms with Crippen LogP contribution in [0.1, 0.15) is 42.1 Å². The lowest BCUT2D eigenvalue weighted by molar-refractivity contribution is -0.139. The molecule has 12 nitrogen and oxygen atoms in total. The van der Waals surface area contributed by atoms with E-state index in [2.05, 4.69) is 27.7 Å². The Morgan fingerprint density at radius 3 is 2.50 bits per heavy atom. The first-order chi connectivity index (χ1) is 23.2. The average molecular weight is 661 g/mol. The minimum absolute atomic E-state index is 0.00412. The molecule has 4 rings (SSSR count). The van der Waals surface area contributed by atoms with Gasteiger partial charge in [-0.1, -0.05) is 30.3 Å². The fourth-order valence-electron chi connectivity index (χ4n) is 4.91. The Kier molecular flexibility index (Phi) is 12.1. The highest BCUT2D eigenvalue weighted by Gasteiger charge is 2.32. The number of urea groups is 1. The van der Waals surface area contributed by atoms with Crippen LogP contribution in [-0.2, 0) is 27.4 Å². The zero-order valence-electron chi connectivity index (χ0n) is 27.1. The topological polar surface area (TPSA) is 146 Å². The van der Waals surface area contributed by atoms with Crippen molar-refractivity contribution in [1.82, 2.24) is 16.1 Å². The SMILES string of the molecule is C=CCc1cc(/C=N\NC(=O)COc2ccc([C@H]3NC(=O)NC(C)=C3C(=O)OCC)cc2OC)cc(OC)c1OCc1ccccc1F. The molecule has 0 aliphatic carbocycles. The third-order valence-corrected chi connectivity index (χ3v) is 7.12. The number of hydrogen-bond donors (Lipinski definition) is 3. The molecule has 252 valence electrons. The summed E-state index contributed by atoms with van der Waals surface area (Å²) in [6, 6.07) is 13.4. The number of hydrogen-bond acceptors (Lipinski definition) is 9. The fraction of sp³-hybridized carbons (Fsp3) is 0.257.